The second-order valence-electron chi connectivity index (χ2n) is 5.63. The molecule has 0 saturated carbocycles. The van der Waals surface area contributed by atoms with Gasteiger partial charge in [-0.15, -0.1) is 0 Å². The second-order valence-corrected chi connectivity index (χ2v) is 6.86. The molecule has 1 aromatic carbocycles. The van der Waals surface area contributed by atoms with E-state index >= 15 is 0 Å². The Bertz CT molecular complexity index is 738. The number of halogens is 2. The summed E-state index contributed by atoms with van der Waals surface area (Å²) in [7, 11) is 1.84. The molecular formula is C16H18BrClN4O. The standard InChI is InChI=1S/C16H18BrClN4O/c1-11-14(17)15(19-20(11)2)16(23)22-8-6-21(7-9-22)13-5-3-4-12(18)10-13/h3-5,10H,6-9H2,1-2H3. The second kappa shape index (κ2) is 6.53. The van der Waals surface area contributed by atoms with E-state index in [4.69, 9.17) is 11.6 Å². The zero-order chi connectivity index (χ0) is 16.6. The number of carbonyl (C=O) groups excluding carboxylic acids is 1. The molecule has 3 rings (SSSR count). The maximum Gasteiger partial charge on any atom is 0.275 e. The molecule has 0 spiro atoms. The van der Waals surface area contributed by atoms with Crippen molar-refractivity contribution in [2.24, 2.45) is 7.05 Å². The number of aromatic nitrogens is 2. The van der Waals surface area contributed by atoms with Crippen LogP contribution in [0.4, 0.5) is 5.69 Å². The molecule has 0 unspecified atom stereocenters. The normalized spacial score (nSPS) is 15.1. The van der Waals surface area contributed by atoms with Crippen molar-refractivity contribution >= 4 is 39.1 Å². The van der Waals surface area contributed by atoms with Crippen molar-refractivity contribution in [3.63, 3.8) is 0 Å². The number of benzene rings is 1. The van der Waals surface area contributed by atoms with Gasteiger partial charge in [0.25, 0.3) is 5.91 Å². The SMILES string of the molecule is Cc1c(Br)c(C(=O)N2CCN(c3cccc(Cl)c3)CC2)nn1C. The van der Waals surface area contributed by atoms with Crippen LogP contribution in [0.25, 0.3) is 0 Å². The molecule has 0 atom stereocenters. The Hall–Kier alpha value is -1.53. The van der Waals surface area contributed by atoms with Crippen molar-refractivity contribution in [2.75, 3.05) is 31.1 Å². The van der Waals surface area contributed by atoms with Crippen LogP contribution < -0.4 is 4.90 Å². The number of amides is 1. The molecular weight excluding hydrogens is 380 g/mol. The smallest absolute Gasteiger partial charge is 0.275 e. The van der Waals surface area contributed by atoms with Crippen molar-refractivity contribution in [1.29, 1.82) is 0 Å². The molecule has 0 bridgehead atoms. The highest BCUT2D eigenvalue weighted by Gasteiger charge is 2.26. The molecule has 122 valence electrons. The maximum absolute atomic E-state index is 12.7. The number of nitrogens with zero attached hydrogens (tertiary/aromatic N) is 4. The molecule has 23 heavy (non-hydrogen) atoms. The van der Waals surface area contributed by atoms with Gasteiger partial charge < -0.3 is 9.80 Å². The summed E-state index contributed by atoms with van der Waals surface area (Å²) in [5.74, 6) is -0.0219. The molecule has 1 aliphatic rings. The third-order valence-corrected chi connectivity index (χ3v) is 5.39. The van der Waals surface area contributed by atoms with E-state index in [-0.39, 0.29) is 5.91 Å². The summed E-state index contributed by atoms with van der Waals surface area (Å²) in [4.78, 5) is 16.8. The molecule has 0 radical (unpaired) electrons. The quantitative estimate of drug-likeness (QED) is 0.782. The number of hydrogen-bond acceptors (Lipinski definition) is 3. The summed E-state index contributed by atoms with van der Waals surface area (Å²) in [6.07, 6.45) is 0. The Kier molecular flexibility index (Phi) is 4.64. The Morgan fingerprint density at radius 1 is 1.26 bits per heavy atom. The van der Waals surface area contributed by atoms with E-state index in [2.05, 4.69) is 25.9 Å². The van der Waals surface area contributed by atoms with Crippen LogP contribution in [-0.4, -0.2) is 46.8 Å². The summed E-state index contributed by atoms with van der Waals surface area (Å²) >= 11 is 9.52. The molecule has 7 heteroatoms. The Balaban J connectivity index is 1.69. The fourth-order valence-electron chi connectivity index (χ4n) is 2.71. The first-order chi connectivity index (χ1) is 11.0. The Labute approximate surface area is 148 Å². The molecule has 0 aliphatic carbocycles. The lowest BCUT2D eigenvalue weighted by atomic mass is 10.2. The predicted octanol–water partition coefficient (Wildman–Crippen LogP) is 3.11. The highest BCUT2D eigenvalue weighted by molar-refractivity contribution is 9.10. The van der Waals surface area contributed by atoms with Crippen molar-refractivity contribution in [1.82, 2.24) is 14.7 Å². The minimum absolute atomic E-state index is 0.0219. The number of anilines is 1. The van der Waals surface area contributed by atoms with E-state index in [1.165, 1.54) is 0 Å². The van der Waals surface area contributed by atoms with Gasteiger partial charge in [-0.1, -0.05) is 17.7 Å². The van der Waals surface area contributed by atoms with Crippen molar-refractivity contribution in [2.45, 2.75) is 6.92 Å². The lowest BCUT2D eigenvalue weighted by Crippen LogP contribution is -2.49. The fraction of sp³-hybridized carbons (Fsp3) is 0.375. The van der Waals surface area contributed by atoms with Crippen molar-refractivity contribution in [3.8, 4) is 0 Å². The molecule has 1 fully saturated rings. The number of rotatable bonds is 2. The zero-order valence-corrected chi connectivity index (χ0v) is 15.4. The van der Waals surface area contributed by atoms with E-state index in [1.807, 2.05) is 43.1 Å². The van der Waals surface area contributed by atoms with E-state index in [0.717, 1.165) is 34.0 Å². The van der Waals surface area contributed by atoms with Gasteiger partial charge in [0, 0.05) is 43.9 Å². The molecule has 1 aliphatic heterocycles. The highest BCUT2D eigenvalue weighted by Crippen LogP contribution is 2.24. The Morgan fingerprint density at radius 2 is 1.96 bits per heavy atom. The van der Waals surface area contributed by atoms with Gasteiger partial charge in [0.2, 0.25) is 0 Å². The van der Waals surface area contributed by atoms with Gasteiger partial charge in [0.05, 0.1) is 10.2 Å². The third kappa shape index (κ3) is 3.23. The summed E-state index contributed by atoms with van der Waals surface area (Å²) < 4.78 is 2.50. The number of piperazine rings is 1. The topological polar surface area (TPSA) is 41.4 Å². The van der Waals surface area contributed by atoms with Gasteiger partial charge in [-0.2, -0.15) is 5.10 Å². The van der Waals surface area contributed by atoms with Crippen molar-refractivity contribution < 1.29 is 4.79 Å². The minimum Gasteiger partial charge on any atom is -0.368 e. The maximum atomic E-state index is 12.7. The summed E-state index contributed by atoms with van der Waals surface area (Å²) in [6.45, 7) is 4.86. The van der Waals surface area contributed by atoms with Crippen LogP contribution in [0.5, 0.6) is 0 Å². The van der Waals surface area contributed by atoms with Crippen LogP contribution >= 0.6 is 27.5 Å². The lowest BCUT2D eigenvalue weighted by molar-refractivity contribution is 0.0739. The van der Waals surface area contributed by atoms with Crippen LogP contribution in [0.1, 0.15) is 16.2 Å². The van der Waals surface area contributed by atoms with Gasteiger partial charge in [-0.25, -0.2) is 0 Å². The van der Waals surface area contributed by atoms with Gasteiger partial charge in [-0.05, 0) is 41.1 Å². The summed E-state index contributed by atoms with van der Waals surface area (Å²) in [5, 5.41) is 5.05. The largest absolute Gasteiger partial charge is 0.368 e. The zero-order valence-electron chi connectivity index (χ0n) is 13.1. The van der Waals surface area contributed by atoms with Crippen LogP contribution in [0.3, 0.4) is 0 Å². The first-order valence-corrected chi connectivity index (χ1v) is 8.63. The average Bonchev–Trinajstić information content (AvgIpc) is 2.82. The number of aryl methyl sites for hydroxylation is 1. The molecule has 2 heterocycles. The first-order valence-electron chi connectivity index (χ1n) is 7.46. The van der Waals surface area contributed by atoms with E-state index in [1.54, 1.807) is 4.68 Å². The van der Waals surface area contributed by atoms with E-state index in [9.17, 15) is 4.79 Å². The molecule has 2 aromatic rings. The van der Waals surface area contributed by atoms with Gasteiger partial charge in [0.15, 0.2) is 5.69 Å². The monoisotopic (exact) mass is 396 g/mol. The lowest BCUT2D eigenvalue weighted by Gasteiger charge is -2.36. The highest BCUT2D eigenvalue weighted by atomic mass is 79.9. The molecule has 1 saturated heterocycles. The van der Waals surface area contributed by atoms with E-state index < -0.39 is 0 Å². The van der Waals surface area contributed by atoms with Gasteiger partial charge in [0.1, 0.15) is 0 Å². The average molecular weight is 398 g/mol. The fourth-order valence-corrected chi connectivity index (χ4v) is 3.40. The van der Waals surface area contributed by atoms with Crippen LogP contribution in [0.2, 0.25) is 5.02 Å². The Morgan fingerprint density at radius 3 is 2.52 bits per heavy atom. The molecule has 1 amide bonds. The molecule has 0 N–H and O–H groups in total. The van der Waals surface area contributed by atoms with Crippen LogP contribution in [0, 0.1) is 6.92 Å². The van der Waals surface area contributed by atoms with Gasteiger partial charge >= 0.3 is 0 Å². The number of hydrogen-bond donors (Lipinski definition) is 0. The van der Waals surface area contributed by atoms with Crippen LogP contribution in [0.15, 0.2) is 28.7 Å². The van der Waals surface area contributed by atoms with E-state index in [0.29, 0.717) is 18.8 Å². The van der Waals surface area contributed by atoms with Crippen LogP contribution in [-0.2, 0) is 7.05 Å². The summed E-state index contributed by atoms with van der Waals surface area (Å²) in [6, 6.07) is 7.81. The molecule has 5 nitrogen and oxygen atoms in total. The van der Waals surface area contributed by atoms with Gasteiger partial charge in [-0.3, -0.25) is 9.48 Å². The summed E-state index contributed by atoms with van der Waals surface area (Å²) in [5.41, 5.74) is 2.53. The van der Waals surface area contributed by atoms with Crippen molar-refractivity contribution in [3.05, 3.63) is 45.1 Å². The first kappa shape index (κ1) is 16.3. The number of carbonyl (C=O) groups is 1. The molecule has 1 aromatic heterocycles. The predicted molar refractivity (Wildman–Crippen MR) is 95.2 cm³/mol. The third-order valence-electron chi connectivity index (χ3n) is 4.20. The minimum atomic E-state index is -0.0219.